The van der Waals surface area contributed by atoms with Crippen molar-refractivity contribution >= 4 is 12.0 Å². The van der Waals surface area contributed by atoms with Crippen LogP contribution >= 0.6 is 0 Å². The lowest BCUT2D eigenvalue weighted by atomic mass is 10.4. The molecule has 0 radical (unpaired) electrons. The summed E-state index contributed by atoms with van der Waals surface area (Å²) < 4.78 is 0. The molecule has 3 nitrogen and oxygen atoms in total. The van der Waals surface area contributed by atoms with Crippen molar-refractivity contribution in [2.24, 2.45) is 5.10 Å². The summed E-state index contributed by atoms with van der Waals surface area (Å²) in [5.74, 6) is 0.128. The Morgan fingerprint density at radius 3 is 2.67 bits per heavy atom. The predicted octanol–water partition coefficient (Wildman–Crippen LogP) is 0.513. The molecule has 0 rings (SSSR count). The molecule has 0 aliphatic carbocycles. The molecular weight excluding hydrogens is 116 g/mol. The third-order valence-electron chi connectivity index (χ3n) is 0.764. The van der Waals surface area contributed by atoms with Gasteiger partial charge in [-0.15, -0.1) is 0 Å². The molecule has 0 aliphatic heterocycles. The smallest absolute Gasteiger partial charge is 0.150 e. The highest BCUT2D eigenvalue weighted by atomic mass is 16.1. The second-order valence-corrected chi connectivity index (χ2v) is 1.89. The summed E-state index contributed by atoms with van der Waals surface area (Å²) >= 11 is 0. The number of rotatable bonds is 3. The highest BCUT2D eigenvalue weighted by molar-refractivity contribution is 5.77. The van der Waals surface area contributed by atoms with Crippen LogP contribution in [-0.2, 0) is 4.79 Å². The second-order valence-electron chi connectivity index (χ2n) is 1.89. The van der Waals surface area contributed by atoms with E-state index in [0.717, 1.165) is 0 Å². The fraction of sp³-hybridized carbons (Fsp3) is 0.667. The van der Waals surface area contributed by atoms with Crippen LogP contribution in [-0.4, -0.2) is 30.6 Å². The summed E-state index contributed by atoms with van der Waals surface area (Å²) in [5, 5.41) is 5.45. The average Bonchev–Trinajstić information content (AvgIpc) is 1.63. The van der Waals surface area contributed by atoms with Crippen LogP contribution in [0.3, 0.4) is 0 Å². The van der Waals surface area contributed by atoms with Gasteiger partial charge in [-0.3, -0.25) is 9.80 Å². The van der Waals surface area contributed by atoms with Crippen LogP contribution in [0.2, 0.25) is 0 Å². The van der Waals surface area contributed by atoms with E-state index < -0.39 is 0 Å². The zero-order valence-electron chi connectivity index (χ0n) is 6.09. The van der Waals surface area contributed by atoms with Crippen LogP contribution in [0, 0.1) is 0 Å². The first-order chi connectivity index (χ1) is 4.16. The molecule has 0 unspecified atom stereocenters. The standard InChI is InChI=1S/C6H12N2O/c1-4-7-8(3)5-6(2)9/h4H,5H2,1-3H3/b7-4+. The summed E-state index contributed by atoms with van der Waals surface area (Å²) in [7, 11) is 1.77. The first kappa shape index (κ1) is 8.14. The number of Topliss-reactive ketones (excluding diaryl/α,β-unsaturated/α-hetero) is 1. The van der Waals surface area contributed by atoms with Gasteiger partial charge in [0.25, 0.3) is 0 Å². The molecule has 0 saturated carbocycles. The molecule has 0 aromatic heterocycles. The Bertz CT molecular complexity index is 120. The van der Waals surface area contributed by atoms with E-state index in [1.54, 1.807) is 25.2 Å². The second kappa shape index (κ2) is 4.06. The molecule has 0 spiro atoms. The van der Waals surface area contributed by atoms with E-state index in [4.69, 9.17) is 0 Å². The average molecular weight is 128 g/mol. The zero-order valence-corrected chi connectivity index (χ0v) is 6.09. The predicted molar refractivity (Wildman–Crippen MR) is 37.5 cm³/mol. The Hall–Kier alpha value is -0.860. The SMILES string of the molecule is C/C=N/N(C)CC(C)=O. The molecule has 0 atom stereocenters. The Kier molecular flexibility index (Phi) is 3.67. The van der Waals surface area contributed by atoms with Crippen LogP contribution in [0.1, 0.15) is 13.8 Å². The quantitative estimate of drug-likeness (QED) is 0.410. The molecule has 0 aliphatic rings. The number of carbonyl (C=O) groups excluding carboxylic acids is 1. The van der Waals surface area contributed by atoms with Crippen molar-refractivity contribution in [3.63, 3.8) is 0 Å². The lowest BCUT2D eigenvalue weighted by Gasteiger charge is -2.08. The number of likely N-dealkylation sites (N-methyl/N-ethyl adjacent to an activating group) is 1. The fourth-order valence-corrected chi connectivity index (χ4v) is 0.560. The van der Waals surface area contributed by atoms with Gasteiger partial charge in [-0.05, 0) is 13.8 Å². The van der Waals surface area contributed by atoms with Crippen LogP contribution in [0.15, 0.2) is 5.10 Å². The van der Waals surface area contributed by atoms with E-state index in [2.05, 4.69) is 5.10 Å². The molecule has 3 heteroatoms. The van der Waals surface area contributed by atoms with Gasteiger partial charge in [0.1, 0.15) is 0 Å². The highest BCUT2D eigenvalue weighted by Gasteiger charge is 1.94. The Morgan fingerprint density at radius 2 is 2.33 bits per heavy atom. The number of hydrogen-bond acceptors (Lipinski definition) is 3. The Balaban J connectivity index is 3.50. The molecule has 52 valence electrons. The minimum Gasteiger partial charge on any atom is -0.298 e. The molecule has 0 aromatic rings. The van der Waals surface area contributed by atoms with Gasteiger partial charge in [-0.25, -0.2) is 0 Å². The molecule has 0 aromatic carbocycles. The summed E-state index contributed by atoms with van der Waals surface area (Å²) in [6.07, 6.45) is 1.66. The van der Waals surface area contributed by atoms with E-state index in [9.17, 15) is 4.79 Å². The van der Waals surface area contributed by atoms with Gasteiger partial charge in [0.15, 0.2) is 5.78 Å². The Labute approximate surface area is 55.4 Å². The summed E-state index contributed by atoms with van der Waals surface area (Å²) in [6, 6.07) is 0. The molecule has 9 heavy (non-hydrogen) atoms. The van der Waals surface area contributed by atoms with Crippen molar-refractivity contribution < 1.29 is 4.79 Å². The molecular formula is C6H12N2O. The molecule has 0 fully saturated rings. The number of carbonyl (C=O) groups is 1. The van der Waals surface area contributed by atoms with Gasteiger partial charge in [0.05, 0.1) is 6.54 Å². The molecule has 0 heterocycles. The van der Waals surface area contributed by atoms with Crippen molar-refractivity contribution in [2.45, 2.75) is 13.8 Å². The lowest BCUT2D eigenvalue weighted by molar-refractivity contribution is -0.117. The monoisotopic (exact) mass is 128 g/mol. The lowest BCUT2D eigenvalue weighted by Crippen LogP contribution is -2.18. The van der Waals surface area contributed by atoms with Gasteiger partial charge < -0.3 is 0 Å². The van der Waals surface area contributed by atoms with Crippen molar-refractivity contribution in [2.75, 3.05) is 13.6 Å². The number of nitrogens with zero attached hydrogens (tertiary/aromatic N) is 2. The van der Waals surface area contributed by atoms with Gasteiger partial charge in [-0.2, -0.15) is 5.10 Å². The van der Waals surface area contributed by atoms with Gasteiger partial charge in [0.2, 0.25) is 0 Å². The molecule has 0 N–H and O–H groups in total. The summed E-state index contributed by atoms with van der Waals surface area (Å²) in [5.41, 5.74) is 0. The molecule has 0 amide bonds. The van der Waals surface area contributed by atoms with E-state index in [0.29, 0.717) is 6.54 Å². The Morgan fingerprint density at radius 1 is 1.78 bits per heavy atom. The van der Waals surface area contributed by atoms with Crippen molar-refractivity contribution in [3.8, 4) is 0 Å². The van der Waals surface area contributed by atoms with E-state index in [1.807, 2.05) is 6.92 Å². The minimum absolute atomic E-state index is 0.128. The number of hydrazone groups is 1. The number of ketones is 1. The van der Waals surface area contributed by atoms with E-state index in [-0.39, 0.29) is 5.78 Å². The van der Waals surface area contributed by atoms with Crippen LogP contribution in [0.4, 0.5) is 0 Å². The van der Waals surface area contributed by atoms with Crippen molar-refractivity contribution in [3.05, 3.63) is 0 Å². The third-order valence-corrected chi connectivity index (χ3v) is 0.764. The first-order valence-corrected chi connectivity index (χ1v) is 2.86. The largest absolute Gasteiger partial charge is 0.298 e. The molecule has 0 saturated heterocycles. The maximum Gasteiger partial charge on any atom is 0.150 e. The molecule has 0 bridgehead atoms. The van der Waals surface area contributed by atoms with Crippen molar-refractivity contribution in [1.29, 1.82) is 0 Å². The van der Waals surface area contributed by atoms with Gasteiger partial charge in [0, 0.05) is 13.3 Å². The normalized spacial score (nSPS) is 10.1. The topological polar surface area (TPSA) is 32.7 Å². The van der Waals surface area contributed by atoms with Crippen LogP contribution in [0.25, 0.3) is 0 Å². The maximum atomic E-state index is 10.4. The fourth-order valence-electron chi connectivity index (χ4n) is 0.560. The van der Waals surface area contributed by atoms with E-state index >= 15 is 0 Å². The van der Waals surface area contributed by atoms with E-state index in [1.165, 1.54) is 0 Å². The summed E-state index contributed by atoms with van der Waals surface area (Å²) in [4.78, 5) is 10.4. The van der Waals surface area contributed by atoms with Crippen molar-refractivity contribution in [1.82, 2.24) is 5.01 Å². The third kappa shape index (κ3) is 5.00. The van der Waals surface area contributed by atoms with Gasteiger partial charge in [-0.1, -0.05) is 0 Å². The number of hydrogen-bond donors (Lipinski definition) is 0. The van der Waals surface area contributed by atoms with Gasteiger partial charge >= 0.3 is 0 Å². The minimum atomic E-state index is 0.128. The highest BCUT2D eigenvalue weighted by Crippen LogP contribution is 1.81. The maximum absolute atomic E-state index is 10.4. The first-order valence-electron chi connectivity index (χ1n) is 2.86. The zero-order chi connectivity index (χ0) is 7.28. The van der Waals surface area contributed by atoms with Crippen LogP contribution in [0.5, 0.6) is 0 Å². The summed E-state index contributed by atoms with van der Waals surface area (Å²) in [6.45, 7) is 3.75. The van der Waals surface area contributed by atoms with Crippen LogP contribution < -0.4 is 0 Å².